The first kappa shape index (κ1) is 19.6. The molecule has 1 atom stereocenters. The van der Waals surface area contributed by atoms with Gasteiger partial charge in [0.25, 0.3) is 5.91 Å². The van der Waals surface area contributed by atoms with Crippen LogP contribution in [0.4, 0.5) is 5.69 Å². The van der Waals surface area contributed by atoms with Crippen LogP contribution < -0.4 is 19.5 Å². The van der Waals surface area contributed by atoms with Gasteiger partial charge in [-0.15, -0.1) is 0 Å². The van der Waals surface area contributed by atoms with Crippen molar-refractivity contribution in [1.29, 1.82) is 0 Å². The van der Waals surface area contributed by atoms with Gasteiger partial charge in [-0.2, -0.15) is 0 Å². The summed E-state index contributed by atoms with van der Waals surface area (Å²) in [6.45, 7) is 4.28. The normalized spacial score (nSPS) is 18.3. The van der Waals surface area contributed by atoms with Gasteiger partial charge in [-0.3, -0.25) is 14.7 Å². The highest BCUT2D eigenvalue weighted by Gasteiger charge is 2.23. The average Bonchev–Trinajstić information content (AvgIpc) is 3.25. The molecule has 7 nitrogen and oxygen atoms in total. The van der Waals surface area contributed by atoms with Crippen molar-refractivity contribution in [1.82, 2.24) is 9.88 Å². The molecule has 0 aliphatic carbocycles. The molecule has 1 fully saturated rings. The lowest BCUT2D eigenvalue weighted by Crippen LogP contribution is -2.27. The van der Waals surface area contributed by atoms with E-state index in [9.17, 15) is 4.79 Å². The Morgan fingerprint density at radius 1 is 1.16 bits per heavy atom. The van der Waals surface area contributed by atoms with Crippen LogP contribution in [0.1, 0.15) is 6.42 Å². The topological polar surface area (TPSA) is 72.9 Å². The lowest BCUT2D eigenvalue weighted by atomic mass is 10.1. The van der Waals surface area contributed by atoms with Gasteiger partial charge >= 0.3 is 0 Å². The first-order valence-corrected chi connectivity index (χ1v) is 10.6. The Balaban J connectivity index is 1.08. The molecule has 0 bridgehead atoms. The lowest BCUT2D eigenvalue weighted by Gasteiger charge is -2.19. The molecule has 0 saturated carbocycles. The average molecular weight is 419 g/mol. The van der Waals surface area contributed by atoms with E-state index in [0.29, 0.717) is 30.6 Å². The molecule has 2 aliphatic heterocycles. The van der Waals surface area contributed by atoms with E-state index in [2.05, 4.69) is 15.2 Å². The number of aromatic nitrogens is 1. The number of benzene rings is 2. The number of nitrogens with zero attached hydrogens (tertiary/aromatic N) is 2. The summed E-state index contributed by atoms with van der Waals surface area (Å²) in [7, 11) is 0. The number of fused-ring (bicyclic) bond motifs is 2. The molecule has 3 aromatic rings. The summed E-state index contributed by atoms with van der Waals surface area (Å²) in [4.78, 5) is 18.3. The van der Waals surface area contributed by atoms with Gasteiger partial charge < -0.3 is 19.5 Å². The predicted octanol–water partition coefficient (Wildman–Crippen LogP) is 3.35. The molecule has 3 heterocycles. The fraction of sp³-hybridized carbons (Fsp3) is 0.333. The highest BCUT2D eigenvalue weighted by molar-refractivity contribution is 5.95. The SMILES string of the molecule is O=C1COc2ccc(OCC3CCN(CCOc4cccc5ncccc45)C3)cc2N1. The molecule has 0 spiro atoms. The largest absolute Gasteiger partial charge is 0.493 e. The number of ether oxygens (including phenoxy) is 3. The number of pyridine rings is 1. The lowest BCUT2D eigenvalue weighted by molar-refractivity contribution is -0.118. The number of carbonyl (C=O) groups is 1. The first-order valence-electron chi connectivity index (χ1n) is 10.6. The zero-order valence-electron chi connectivity index (χ0n) is 17.3. The van der Waals surface area contributed by atoms with Gasteiger partial charge in [-0.25, -0.2) is 0 Å². The molecule has 1 saturated heterocycles. The van der Waals surface area contributed by atoms with Crippen molar-refractivity contribution >= 4 is 22.5 Å². The summed E-state index contributed by atoms with van der Waals surface area (Å²) in [5, 5.41) is 3.86. The van der Waals surface area contributed by atoms with Crippen LogP contribution >= 0.6 is 0 Å². The molecule has 5 rings (SSSR count). The Bertz CT molecular complexity index is 1080. The van der Waals surface area contributed by atoms with Crippen LogP contribution in [0.5, 0.6) is 17.2 Å². The van der Waals surface area contributed by atoms with E-state index in [1.807, 2.05) is 48.5 Å². The minimum atomic E-state index is -0.141. The van der Waals surface area contributed by atoms with Crippen LogP contribution in [0, 0.1) is 5.92 Å². The van der Waals surface area contributed by atoms with E-state index in [4.69, 9.17) is 14.2 Å². The van der Waals surface area contributed by atoms with Crippen molar-refractivity contribution in [3.63, 3.8) is 0 Å². The smallest absolute Gasteiger partial charge is 0.262 e. The number of carbonyl (C=O) groups excluding carboxylic acids is 1. The van der Waals surface area contributed by atoms with Gasteiger partial charge in [0, 0.05) is 36.7 Å². The fourth-order valence-electron chi connectivity index (χ4n) is 4.10. The summed E-state index contributed by atoms with van der Waals surface area (Å²) < 4.78 is 17.4. The third-order valence-electron chi connectivity index (χ3n) is 5.71. The Hall–Kier alpha value is -3.32. The summed E-state index contributed by atoms with van der Waals surface area (Å²) in [6.07, 6.45) is 2.90. The van der Waals surface area contributed by atoms with Crippen LogP contribution in [-0.2, 0) is 4.79 Å². The van der Waals surface area contributed by atoms with E-state index in [0.717, 1.165) is 48.5 Å². The predicted molar refractivity (Wildman–Crippen MR) is 118 cm³/mol. The summed E-state index contributed by atoms with van der Waals surface area (Å²) >= 11 is 0. The number of nitrogens with one attached hydrogen (secondary N) is 1. The fourth-order valence-corrected chi connectivity index (χ4v) is 4.10. The third kappa shape index (κ3) is 4.56. The van der Waals surface area contributed by atoms with Gasteiger partial charge in [0.1, 0.15) is 23.9 Å². The molecule has 0 radical (unpaired) electrons. The minimum absolute atomic E-state index is 0.0617. The Morgan fingerprint density at radius 3 is 3.10 bits per heavy atom. The molecule has 2 aromatic carbocycles. The molecule has 160 valence electrons. The van der Waals surface area contributed by atoms with Crippen molar-refractivity contribution in [2.75, 3.05) is 44.8 Å². The quantitative estimate of drug-likeness (QED) is 0.633. The molecule has 1 N–H and O–H groups in total. The van der Waals surface area contributed by atoms with Crippen molar-refractivity contribution in [3.8, 4) is 17.2 Å². The molecular weight excluding hydrogens is 394 g/mol. The minimum Gasteiger partial charge on any atom is -0.493 e. The van der Waals surface area contributed by atoms with Gasteiger partial charge in [0.15, 0.2) is 6.61 Å². The third-order valence-corrected chi connectivity index (χ3v) is 5.71. The van der Waals surface area contributed by atoms with Crippen LogP contribution in [-0.4, -0.2) is 55.2 Å². The number of anilines is 1. The maximum atomic E-state index is 11.5. The monoisotopic (exact) mass is 419 g/mol. The van der Waals surface area contributed by atoms with Gasteiger partial charge in [-0.05, 0) is 49.4 Å². The standard InChI is InChI=1S/C24H25N3O4/c28-24-16-31-23-7-6-18(13-21(23)26-24)30-15-17-8-10-27(14-17)11-12-29-22-5-1-4-20-19(22)3-2-9-25-20/h1-7,9,13,17H,8,10-12,14-16H2,(H,26,28). The number of hydrogen-bond donors (Lipinski definition) is 1. The van der Waals surface area contributed by atoms with Crippen molar-refractivity contribution in [3.05, 3.63) is 54.7 Å². The summed E-state index contributed by atoms with van der Waals surface area (Å²) in [5.41, 5.74) is 1.62. The molecule has 1 aromatic heterocycles. The van der Waals surface area contributed by atoms with E-state index >= 15 is 0 Å². The molecule has 1 unspecified atom stereocenters. The van der Waals surface area contributed by atoms with Crippen molar-refractivity contribution in [2.45, 2.75) is 6.42 Å². The highest BCUT2D eigenvalue weighted by Crippen LogP contribution is 2.32. The van der Waals surface area contributed by atoms with E-state index < -0.39 is 0 Å². The van der Waals surface area contributed by atoms with Gasteiger partial charge in [0.05, 0.1) is 17.8 Å². The zero-order chi connectivity index (χ0) is 21.0. The second kappa shape index (κ2) is 8.81. The maximum Gasteiger partial charge on any atom is 0.262 e. The Morgan fingerprint density at radius 2 is 2.13 bits per heavy atom. The van der Waals surface area contributed by atoms with Gasteiger partial charge in [-0.1, -0.05) is 6.07 Å². The van der Waals surface area contributed by atoms with E-state index in [1.165, 1.54) is 0 Å². The number of likely N-dealkylation sites (tertiary alicyclic amines) is 1. The molecular formula is C24H25N3O4. The molecule has 31 heavy (non-hydrogen) atoms. The molecule has 1 amide bonds. The first-order chi connectivity index (χ1) is 15.2. The maximum absolute atomic E-state index is 11.5. The second-order valence-corrected chi connectivity index (χ2v) is 7.94. The summed E-state index contributed by atoms with van der Waals surface area (Å²) in [5.74, 6) is 2.65. The van der Waals surface area contributed by atoms with Crippen LogP contribution in [0.25, 0.3) is 10.9 Å². The number of rotatable bonds is 7. The van der Waals surface area contributed by atoms with Crippen molar-refractivity contribution in [2.24, 2.45) is 5.92 Å². The second-order valence-electron chi connectivity index (χ2n) is 7.94. The molecule has 7 heteroatoms. The van der Waals surface area contributed by atoms with Crippen LogP contribution in [0.15, 0.2) is 54.7 Å². The zero-order valence-corrected chi connectivity index (χ0v) is 17.3. The van der Waals surface area contributed by atoms with E-state index in [1.54, 1.807) is 6.20 Å². The number of amides is 1. The van der Waals surface area contributed by atoms with Crippen molar-refractivity contribution < 1.29 is 19.0 Å². The van der Waals surface area contributed by atoms with E-state index in [-0.39, 0.29) is 12.5 Å². The van der Waals surface area contributed by atoms with Crippen LogP contribution in [0.2, 0.25) is 0 Å². The number of hydrogen-bond acceptors (Lipinski definition) is 6. The Kier molecular flexibility index (Phi) is 5.58. The highest BCUT2D eigenvalue weighted by atomic mass is 16.5. The van der Waals surface area contributed by atoms with Gasteiger partial charge in [0.2, 0.25) is 0 Å². The summed E-state index contributed by atoms with van der Waals surface area (Å²) in [6, 6.07) is 15.5. The Labute approximate surface area is 180 Å². The molecule has 2 aliphatic rings. The van der Waals surface area contributed by atoms with Crippen LogP contribution in [0.3, 0.4) is 0 Å².